The van der Waals surface area contributed by atoms with Crippen LogP contribution in [0.5, 0.6) is 5.75 Å². The Labute approximate surface area is 205 Å². The van der Waals surface area contributed by atoms with Crippen LogP contribution in [-0.4, -0.2) is 67.9 Å². The van der Waals surface area contributed by atoms with Gasteiger partial charge < -0.3 is 15.0 Å². The second kappa shape index (κ2) is 9.69. The van der Waals surface area contributed by atoms with Gasteiger partial charge in [0.2, 0.25) is 5.91 Å². The lowest BCUT2D eigenvalue weighted by Crippen LogP contribution is -2.49. The molecule has 0 spiro atoms. The van der Waals surface area contributed by atoms with Crippen molar-refractivity contribution in [2.75, 3.05) is 30.1 Å². The molecule has 9 nitrogen and oxygen atoms in total. The zero-order chi connectivity index (χ0) is 25.2. The van der Waals surface area contributed by atoms with E-state index in [2.05, 4.69) is 5.32 Å². The summed E-state index contributed by atoms with van der Waals surface area (Å²) in [4.78, 5) is 41.7. The normalized spacial score (nSPS) is 23.3. The van der Waals surface area contributed by atoms with Gasteiger partial charge in [0, 0.05) is 5.69 Å². The lowest BCUT2D eigenvalue weighted by atomic mass is 9.93. The summed E-state index contributed by atoms with van der Waals surface area (Å²) >= 11 is 0. The Morgan fingerprint density at radius 2 is 1.83 bits per heavy atom. The maximum atomic E-state index is 13.4. The van der Waals surface area contributed by atoms with E-state index >= 15 is 0 Å². The highest BCUT2D eigenvalue weighted by molar-refractivity contribution is 7.91. The standard InChI is InChI=1S/C25H29N3O6S/c1-25(14-12-18-8-10-21(34-2)11-9-18)23(30)27(24(31)26-25)16-22(29)28(19-6-4-3-5-7-19)20-13-15-35(32,33)17-20/h3-11,20H,12-17H2,1-2H3,(H,26,31)/t20-,25-/m0/s1. The van der Waals surface area contributed by atoms with E-state index < -0.39 is 45.8 Å². The predicted octanol–water partition coefficient (Wildman–Crippen LogP) is 2.16. The van der Waals surface area contributed by atoms with Gasteiger partial charge in [0.25, 0.3) is 5.91 Å². The van der Waals surface area contributed by atoms with E-state index in [-0.39, 0.29) is 11.5 Å². The number of urea groups is 1. The largest absolute Gasteiger partial charge is 0.497 e. The highest BCUT2D eigenvalue weighted by atomic mass is 32.2. The van der Waals surface area contributed by atoms with Crippen molar-refractivity contribution in [3.63, 3.8) is 0 Å². The third-order valence-electron chi connectivity index (χ3n) is 6.59. The highest BCUT2D eigenvalue weighted by Gasteiger charge is 2.48. The molecule has 186 valence electrons. The number of benzene rings is 2. The van der Waals surface area contributed by atoms with Crippen LogP contribution in [-0.2, 0) is 25.8 Å². The molecule has 2 heterocycles. The third-order valence-corrected chi connectivity index (χ3v) is 8.34. The second-order valence-electron chi connectivity index (χ2n) is 9.16. The van der Waals surface area contributed by atoms with E-state index in [1.807, 2.05) is 24.3 Å². The van der Waals surface area contributed by atoms with Crippen molar-refractivity contribution in [3.05, 3.63) is 60.2 Å². The molecule has 2 aliphatic heterocycles. The Kier molecular flexibility index (Phi) is 6.84. The van der Waals surface area contributed by atoms with Crippen molar-refractivity contribution in [2.24, 2.45) is 0 Å². The number of rotatable bonds is 8. The van der Waals surface area contributed by atoms with Gasteiger partial charge in [0.15, 0.2) is 9.84 Å². The van der Waals surface area contributed by atoms with Gasteiger partial charge in [-0.1, -0.05) is 30.3 Å². The van der Waals surface area contributed by atoms with Gasteiger partial charge in [-0.15, -0.1) is 0 Å². The molecular formula is C25H29N3O6S. The zero-order valence-corrected chi connectivity index (χ0v) is 20.6. The van der Waals surface area contributed by atoms with Gasteiger partial charge in [-0.25, -0.2) is 13.2 Å². The summed E-state index contributed by atoms with van der Waals surface area (Å²) in [5.74, 6) is -0.390. The average Bonchev–Trinajstić information content (AvgIpc) is 3.30. The fraction of sp³-hybridized carbons (Fsp3) is 0.400. The summed E-state index contributed by atoms with van der Waals surface area (Å²) in [6.45, 7) is 1.19. The molecule has 10 heteroatoms. The molecule has 0 radical (unpaired) electrons. The minimum Gasteiger partial charge on any atom is -0.497 e. The third kappa shape index (κ3) is 5.32. The van der Waals surface area contributed by atoms with Crippen LogP contribution >= 0.6 is 0 Å². The summed E-state index contributed by atoms with van der Waals surface area (Å²) in [7, 11) is -1.66. The van der Waals surface area contributed by atoms with E-state index in [0.717, 1.165) is 16.2 Å². The molecule has 0 saturated carbocycles. The second-order valence-corrected chi connectivity index (χ2v) is 11.4. The summed E-state index contributed by atoms with van der Waals surface area (Å²) in [6, 6.07) is 15.0. The number of nitrogens with zero attached hydrogens (tertiary/aromatic N) is 2. The molecule has 4 amide bonds. The van der Waals surface area contributed by atoms with Gasteiger partial charge in [0.05, 0.1) is 24.7 Å². The predicted molar refractivity (Wildman–Crippen MR) is 131 cm³/mol. The Balaban J connectivity index is 1.48. The van der Waals surface area contributed by atoms with Crippen LogP contribution in [0.4, 0.5) is 10.5 Å². The number of anilines is 1. The molecule has 2 atom stereocenters. The minimum absolute atomic E-state index is 0.000836. The molecule has 35 heavy (non-hydrogen) atoms. The van der Waals surface area contributed by atoms with E-state index in [4.69, 9.17) is 4.74 Å². The Bertz CT molecular complexity index is 1220. The topological polar surface area (TPSA) is 113 Å². The van der Waals surface area contributed by atoms with Gasteiger partial charge in [-0.2, -0.15) is 0 Å². The van der Waals surface area contributed by atoms with E-state index in [0.29, 0.717) is 24.9 Å². The number of imide groups is 1. The van der Waals surface area contributed by atoms with Crippen LogP contribution in [0.25, 0.3) is 0 Å². The summed E-state index contributed by atoms with van der Waals surface area (Å²) in [6.07, 6.45) is 1.21. The number of carbonyl (C=O) groups excluding carboxylic acids is 3. The first-order valence-corrected chi connectivity index (χ1v) is 13.3. The van der Waals surface area contributed by atoms with Crippen molar-refractivity contribution >= 4 is 33.4 Å². The lowest BCUT2D eigenvalue weighted by Gasteiger charge is -2.30. The van der Waals surface area contributed by atoms with Crippen molar-refractivity contribution < 1.29 is 27.5 Å². The molecule has 2 fully saturated rings. The van der Waals surface area contributed by atoms with Crippen LogP contribution in [0.15, 0.2) is 54.6 Å². The molecule has 2 saturated heterocycles. The number of sulfone groups is 1. The number of hydrogen-bond acceptors (Lipinski definition) is 6. The van der Waals surface area contributed by atoms with Crippen LogP contribution < -0.4 is 15.0 Å². The number of nitrogens with one attached hydrogen (secondary N) is 1. The zero-order valence-electron chi connectivity index (χ0n) is 19.8. The number of methoxy groups -OCH3 is 1. The Morgan fingerprint density at radius 3 is 2.43 bits per heavy atom. The SMILES string of the molecule is COc1ccc(CC[C@]2(C)NC(=O)N(CC(=O)N(c3ccccc3)[C@H]3CCS(=O)(=O)C3)C2=O)cc1. The number of ether oxygens (including phenoxy) is 1. The van der Waals surface area contributed by atoms with Crippen molar-refractivity contribution in [2.45, 2.75) is 37.8 Å². The van der Waals surface area contributed by atoms with Crippen molar-refractivity contribution in [1.82, 2.24) is 10.2 Å². The molecule has 4 rings (SSSR count). The molecule has 2 aromatic rings. The van der Waals surface area contributed by atoms with E-state index in [1.165, 1.54) is 4.90 Å². The first-order valence-electron chi connectivity index (χ1n) is 11.5. The Morgan fingerprint density at radius 1 is 1.14 bits per heavy atom. The first-order chi connectivity index (χ1) is 16.6. The Hall–Kier alpha value is -3.40. The molecular weight excluding hydrogens is 470 g/mol. The quantitative estimate of drug-likeness (QED) is 0.557. The van der Waals surface area contributed by atoms with Crippen LogP contribution in [0.1, 0.15) is 25.3 Å². The van der Waals surface area contributed by atoms with Crippen LogP contribution in [0.3, 0.4) is 0 Å². The molecule has 0 bridgehead atoms. The fourth-order valence-electron chi connectivity index (χ4n) is 4.58. The minimum atomic E-state index is -3.25. The number of para-hydroxylation sites is 1. The van der Waals surface area contributed by atoms with E-state index in [9.17, 15) is 22.8 Å². The molecule has 2 aliphatic rings. The fourth-order valence-corrected chi connectivity index (χ4v) is 6.28. The highest BCUT2D eigenvalue weighted by Crippen LogP contribution is 2.27. The summed E-state index contributed by atoms with van der Waals surface area (Å²) < 4.78 is 29.3. The van der Waals surface area contributed by atoms with Gasteiger partial charge in [0.1, 0.15) is 17.8 Å². The van der Waals surface area contributed by atoms with Gasteiger partial charge >= 0.3 is 6.03 Å². The molecule has 1 N–H and O–H groups in total. The monoisotopic (exact) mass is 499 g/mol. The average molecular weight is 500 g/mol. The number of aryl methyl sites for hydroxylation is 1. The van der Waals surface area contributed by atoms with Crippen LogP contribution in [0.2, 0.25) is 0 Å². The number of hydrogen-bond donors (Lipinski definition) is 1. The molecule has 2 aromatic carbocycles. The smallest absolute Gasteiger partial charge is 0.325 e. The maximum absolute atomic E-state index is 13.4. The van der Waals surface area contributed by atoms with Gasteiger partial charge in [-0.3, -0.25) is 14.5 Å². The van der Waals surface area contributed by atoms with Crippen molar-refractivity contribution in [3.8, 4) is 5.75 Å². The number of amides is 4. The van der Waals surface area contributed by atoms with Crippen molar-refractivity contribution in [1.29, 1.82) is 0 Å². The van der Waals surface area contributed by atoms with Gasteiger partial charge in [-0.05, 0) is 56.0 Å². The lowest BCUT2D eigenvalue weighted by molar-refractivity contribution is -0.134. The summed E-state index contributed by atoms with van der Waals surface area (Å²) in [5.41, 5.74) is 0.376. The van der Waals surface area contributed by atoms with E-state index in [1.54, 1.807) is 44.4 Å². The first kappa shape index (κ1) is 24.7. The van der Waals surface area contributed by atoms with Crippen LogP contribution in [0, 0.1) is 0 Å². The molecule has 0 aliphatic carbocycles. The maximum Gasteiger partial charge on any atom is 0.325 e. The molecule has 0 aromatic heterocycles. The summed E-state index contributed by atoms with van der Waals surface area (Å²) in [5, 5.41) is 2.74. The molecule has 0 unspecified atom stereocenters. The number of carbonyl (C=O) groups is 3.